The van der Waals surface area contributed by atoms with E-state index < -0.39 is 5.97 Å². The third kappa shape index (κ3) is 3.33. The molecule has 0 bridgehead atoms. The Morgan fingerprint density at radius 2 is 2.05 bits per heavy atom. The molecule has 0 spiro atoms. The molecule has 1 N–H and O–H groups in total. The fourth-order valence-electron chi connectivity index (χ4n) is 2.34. The fraction of sp³-hybridized carbons (Fsp3) is 0.467. The van der Waals surface area contributed by atoms with Crippen LogP contribution in [0.3, 0.4) is 0 Å². The van der Waals surface area contributed by atoms with Gasteiger partial charge in [0, 0.05) is 12.1 Å². The molecule has 0 aliphatic rings. The number of carboxylic acid groups (broad SMARTS) is 1. The van der Waals surface area contributed by atoms with Crippen LogP contribution < -0.4 is 0 Å². The molecule has 0 saturated carbocycles. The first kappa shape index (κ1) is 15.3. The first-order valence-electron chi connectivity index (χ1n) is 6.87. The maximum atomic E-state index is 11.0. The predicted octanol–water partition coefficient (Wildman–Crippen LogP) is 2.78. The van der Waals surface area contributed by atoms with Gasteiger partial charge >= 0.3 is 5.97 Å². The third-order valence-electron chi connectivity index (χ3n) is 3.45. The Balaban J connectivity index is 2.08. The minimum atomic E-state index is -0.965. The van der Waals surface area contributed by atoms with Crippen molar-refractivity contribution in [2.75, 3.05) is 7.05 Å². The molecule has 2 aromatic heterocycles. The lowest BCUT2D eigenvalue weighted by Gasteiger charge is -2.14. The second-order valence-electron chi connectivity index (χ2n) is 5.18. The van der Waals surface area contributed by atoms with E-state index in [0.717, 1.165) is 23.4 Å². The highest BCUT2D eigenvalue weighted by molar-refractivity contribution is 5.88. The number of nitrogens with zero attached hydrogens (tertiary/aromatic N) is 2. The van der Waals surface area contributed by atoms with Crippen molar-refractivity contribution in [3.8, 4) is 0 Å². The highest BCUT2D eigenvalue weighted by Crippen LogP contribution is 2.19. The third-order valence-corrected chi connectivity index (χ3v) is 3.45. The van der Waals surface area contributed by atoms with Crippen LogP contribution >= 0.6 is 0 Å². The largest absolute Gasteiger partial charge is 0.478 e. The summed E-state index contributed by atoms with van der Waals surface area (Å²) in [6.45, 7) is 6.81. The zero-order valence-electron chi connectivity index (χ0n) is 12.8. The lowest BCUT2D eigenvalue weighted by atomic mass is 10.1. The molecule has 0 atom stereocenters. The van der Waals surface area contributed by atoms with E-state index >= 15 is 0 Å². The molecule has 0 aliphatic carbocycles. The molecule has 2 aromatic rings. The maximum absolute atomic E-state index is 11.0. The second-order valence-corrected chi connectivity index (χ2v) is 5.18. The van der Waals surface area contributed by atoms with Crippen LogP contribution in [0.25, 0.3) is 0 Å². The van der Waals surface area contributed by atoms with Crippen molar-refractivity contribution in [1.82, 2.24) is 10.1 Å². The van der Waals surface area contributed by atoms with Gasteiger partial charge in [-0.1, -0.05) is 12.1 Å². The summed E-state index contributed by atoms with van der Waals surface area (Å²) in [6.07, 6.45) is 0.823. The van der Waals surface area contributed by atoms with Gasteiger partial charge in [0.25, 0.3) is 0 Å². The van der Waals surface area contributed by atoms with Crippen LogP contribution in [-0.2, 0) is 19.5 Å². The monoisotopic (exact) mass is 292 g/mol. The normalized spacial score (nSPS) is 11.3. The summed E-state index contributed by atoms with van der Waals surface area (Å²) in [5.74, 6) is 0.926. The molecule has 0 radical (unpaired) electrons. The number of carbonyl (C=O) groups is 1. The van der Waals surface area contributed by atoms with Gasteiger partial charge in [-0.15, -0.1) is 0 Å². The van der Waals surface area contributed by atoms with Crippen LogP contribution in [0.15, 0.2) is 15.0 Å². The van der Waals surface area contributed by atoms with Gasteiger partial charge < -0.3 is 14.0 Å². The lowest BCUT2D eigenvalue weighted by Crippen LogP contribution is -2.18. The number of hydrogen-bond acceptors (Lipinski definition) is 5. The molecule has 0 fully saturated rings. The average Bonchev–Trinajstić information content (AvgIpc) is 2.94. The summed E-state index contributed by atoms with van der Waals surface area (Å²) in [4.78, 5) is 13.1. The molecule has 6 heteroatoms. The molecule has 2 heterocycles. The van der Waals surface area contributed by atoms with Gasteiger partial charge in [-0.05, 0) is 33.4 Å². The molecule has 0 unspecified atom stereocenters. The summed E-state index contributed by atoms with van der Waals surface area (Å²) in [7, 11) is 1.95. The average molecular weight is 292 g/mol. The van der Waals surface area contributed by atoms with E-state index in [0.29, 0.717) is 24.6 Å². The van der Waals surface area contributed by atoms with Gasteiger partial charge in [0.05, 0.1) is 12.2 Å². The molecule has 0 amide bonds. The molecule has 114 valence electrons. The number of carboxylic acids is 1. The highest BCUT2D eigenvalue weighted by atomic mass is 16.5. The first-order valence-corrected chi connectivity index (χ1v) is 6.87. The van der Waals surface area contributed by atoms with Crippen LogP contribution in [0.2, 0.25) is 0 Å². The van der Waals surface area contributed by atoms with Gasteiger partial charge in [0.2, 0.25) is 0 Å². The van der Waals surface area contributed by atoms with Crippen molar-refractivity contribution in [1.29, 1.82) is 0 Å². The highest BCUT2D eigenvalue weighted by Gasteiger charge is 2.17. The molecule has 2 rings (SSSR count). The van der Waals surface area contributed by atoms with E-state index in [-0.39, 0.29) is 5.56 Å². The van der Waals surface area contributed by atoms with Crippen LogP contribution in [0.4, 0.5) is 0 Å². The number of aromatic nitrogens is 1. The number of hydrogen-bond donors (Lipinski definition) is 1. The van der Waals surface area contributed by atoms with E-state index in [4.69, 9.17) is 14.0 Å². The molecule has 0 saturated heterocycles. The Hall–Kier alpha value is -2.08. The topological polar surface area (TPSA) is 79.7 Å². The van der Waals surface area contributed by atoms with E-state index in [1.807, 2.05) is 25.8 Å². The van der Waals surface area contributed by atoms with Gasteiger partial charge in [-0.3, -0.25) is 4.90 Å². The van der Waals surface area contributed by atoms with E-state index in [2.05, 4.69) is 5.16 Å². The second kappa shape index (κ2) is 6.13. The van der Waals surface area contributed by atoms with Crippen molar-refractivity contribution in [2.24, 2.45) is 0 Å². The minimum absolute atomic E-state index is 0.216. The van der Waals surface area contributed by atoms with Crippen molar-refractivity contribution in [3.63, 3.8) is 0 Å². The molecule has 0 aromatic carbocycles. The minimum Gasteiger partial charge on any atom is -0.478 e. The summed E-state index contributed by atoms with van der Waals surface area (Å²) in [5.41, 5.74) is 2.26. The van der Waals surface area contributed by atoms with Gasteiger partial charge in [-0.25, -0.2) is 4.79 Å². The van der Waals surface area contributed by atoms with Crippen LogP contribution in [0.1, 0.15) is 45.8 Å². The standard InChI is InChI=1S/C15H20N2O4/c1-5-14-13(10(3)21-16-14)8-17(4)7-11-6-12(15(18)19)9(2)20-11/h6H,5,7-8H2,1-4H3,(H,18,19). The quantitative estimate of drug-likeness (QED) is 0.882. The molecule has 21 heavy (non-hydrogen) atoms. The summed E-state index contributed by atoms with van der Waals surface area (Å²) in [5, 5.41) is 13.1. The molecular formula is C15H20N2O4. The summed E-state index contributed by atoms with van der Waals surface area (Å²) < 4.78 is 10.7. The maximum Gasteiger partial charge on any atom is 0.339 e. The van der Waals surface area contributed by atoms with Gasteiger partial charge in [0.1, 0.15) is 22.8 Å². The Bertz CT molecular complexity index is 642. The van der Waals surface area contributed by atoms with E-state index in [1.165, 1.54) is 0 Å². The number of furan rings is 1. The van der Waals surface area contributed by atoms with Gasteiger partial charge in [0.15, 0.2) is 0 Å². The summed E-state index contributed by atoms with van der Waals surface area (Å²) >= 11 is 0. The molecule has 0 aliphatic heterocycles. The van der Waals surface area contributed by atoms with E-state index in [9.17, 15) is 4.79 Å². The zero-order chi connectivity index (χ0) is 15.6. The van der Waals surface area contributed by atoms with E-state index in [1.54, 1.807) is 13.0 Å². The SMILES string of the molecule is CCc1noc(C)c1CN(C)Cc1cc(C(=O)O)c(C)o1. The number of aromatic carboxylic acids is 1. The Morgan fingerprint density at radius 3 is 2.62 bits per heavy atom. The summed E-state index contributed by atoms with van der Waals surface area (Å²) in [6, 6.07) is 1.58. The Labute approximate surface area is 123 Å². The van der Waals surface area contributed by atoms with Crippen molar-refractivity contribution >= 4 is 5.97 Å². The number of aryl methyl sites for hydroxylation is 3. The van der Waals surface area contributed by atoms with Crippen molar-refractivity contribution < 1.29 is 18.8 Å². The fourth-order valence-corrected chi connectivity index (χ4v) is 2.34. The molecular weight excluding hydrogens is 272 g/mol. The van der Waals surface area contributed by atoms with Crippen LogP contribution in [0.5, 0.6) is 0 Å². The smallest absolute Gasteiger partial charge is 0.339 e. The predicted molar refractivity (Wildman–Crippen MR) is 76.2 cm³/mol. The van der Waals surface area contributed by atoms with Crippen molar-refractivity contribution in [2.45, 2.75) is 40.3 Å². The van der Waals surface area contributed by atoms with Crippen LogP contribution in [0, 0.1) is 13.8 Å². The zero-order valence-corrected chi connectivity index (χ0v) is 12.8. The lowest BCUT2D eigenvalue weighted by molar-refractivity contribution is 0.0695. The Kier molecular flexibility index (Phi) is 4.47. The molecule has 6 nitrogen and oxygen atoms in total. The Morgan fingerprint density at radius 1 is 1.33 bits per heavy atom. The first-order chi connectivity index (χ1) is 9.92. The number of rotatable bonds is 6. The van der Waals surface area contributed by atoms with Gasteiger partial charge in [-0.2, -0.15) is 0 Å². The van der Waals surface area contributed by atoms with Crippen LogP contribution in [-0.4, -0.2) is 28.2 Å². The van der Waals surface area contributed by atoms with Crippen molar-refractivity contribution in [3.05, 3.63) is 40.2 Å².